The molecule has 0 saturated carbocycles. The lowest BCUT2D eigenvalue weighted by Gasteiger charge is -2.30. The summed E-state index contributed by atoms with van der Waals surface area (Å²) in [4.78, 5) is 22.9. The Hall–Kier alpha value is -1.10. The first-order chi connectivity index (χ1) is 7.25. The Labute approximate surface area is 96.1 Å². The van der Waals surface area contributed by atoms with E-state index in [0.717, 1.165) is 13.0 Å². The fourth-order valence-electron chi connectivity index (χ4n) is 1.95. The highest BCUT2D eigenvalue weighted by atomic mass is 16.2. The molecule has 92 valence electrons. The van der Waals surface area contributed by atoms with Crippen molar-refractivity contribution in [2.75, 3.05) is 13.1 Å². The van der Waals surface area contributed by atoms with Crippen LogP contribution >= 0.6 is 0 Å². The van der Waals surface area contributed by atoms with Crippen molar-refractivity contribution >= 4 is 11.8 Å². The van der Waals surface area contributed by atoms with Gasteiger partial charge in [-0.25, -0.2) is 0 Å². The van der Waals surface area contributed by atoms with E-state index in [1.165, 1.54) is 0 Å². The normalized spacial score (nSPS) is 25.4. The zero-order chi connectivity index (χ0) is 12.4. The van der Waals surface area contributed by atoms with Crippen molar-refractivity contribution in [3.63, 3.8) is 0 Å². The maximum Gasteiger partial charge on any atom is 0.227 e. The Morgan fingerprint density at radius 3 is 2.56 bits per heavy atom. The number of primary amides is 1. The molecule has 0 aromatic rings. The molecule has 1 fully saturated rings. The highest BCUT2D eigenvalue weighted by Gasteiger charge is 2.38. The van der Waals surface area contributed by atoms with E-state index >= 15 is 0 Å². The first-order valence-electron chi connectivity index (χ1n) is 5.57. The average molecular weight is 227 g/mol. The summed E-state index contributed by atoms with van der Waals surface area (Å²) in [6, 6.07) is 0. The third-order valence-corrected chi connectivity index (χ3v) is 2.98. The van der Waals surface area contributed by atoms with Gasteiger partial charge in [0.25, 0.3) is 0 Å². The maximum atomic E-state index is 12.1. The standard InChI is InChI=1S/C11H21N3O2/c1-10(2,6-8(12)15)14-9(16)11(3)4-5-13-7-11/h13H,4-7H2,1-3H3,(H2,12,15)(H,14,16). The average Bonchev–Trinajstić information content (AvgIpc) is 2.49. The van der Waals surface area contributed by atoms with Crippen molar-refractivity contribution in [3.8, 4) is 0 Å². The van der Waals surface area contributed by atoms with Gasteiger partial charge in [-0.3, -0.25) is 9.59 Å². The minimum absolute atomic E-state index is 0.0104. The van der Waals surface area contributed by atoms with Crippen molar-refractivity contribution in [3.05, 3.63) is 0 Å². The van der Waals surface area contributed by atoms with Gasteiger partial charge in [-0.15, -0.1) is 0 Å². The number of nitrogens with one attached hydrogen (secondary N) is 2. The molecule has 0 aromatic carbocycles. The first-order valence-corrected chi connectivity index (χ1v) is 5.57. The second-order valence-corrected chi connectivity index (χ2v) is 5.47. The van der Waals surface area contributed by atoms with Gasteiger partial charge >= 0.3 is 0 Å². The van der Waals surface area contributed by atoms with Crippen molar-refractivity contribution in [2.45, 2.75) is 39.2 Å². The van der Waals surface area contributed by atoms with Gasteiger partial charge < -0.3 is 16.4 Å². The van der Waals surface area contributed by atoms with E-state index in [9.17, 15) is 9.59 Å². The predicted octanol–water partition coefficient (Wildman–Crippen LogP) is -0.244. The van der Waals surface area contributed by atoms with E-state index in [0.29, 0.717) is 6.54 Å². The molecule has 4 N–H and O–H groups in total. The van der Waals surface area contributed by atoms with Crippen LogP contribution in [0.1, 0.15) is 33.6 Å². The van der Waals surface area contributed by atoms with E-state index in [-0.39, 0.29) is 17.7 Å². The molecule has 5 nitrogen and oxygen atoms in total. The number of hydrogen-bond acceptors (Lipinski definition) is 3. The lowest BCUT2D eigenvalue weighted by atomic mass is 9.87. The van der Waals surface area contributed by atoms with E-state index in [2.05, 4.69) is 10.6 Å². The smallest absolute Gasteiger partial charge is 0.227 e. The van der Waals surface area contributed by atoms with E-state index in [4.69, 9.17) is 5.73 Å². The van der Waals surface area contributed by atoms with Crippen LogP contribution in [0, 0.1) is 5.41 Å². The van der Waals surface area contributed by atoms with Crippen LogP contribution in [0.15, 0.2) is 0 Å². The van der Waals surface area contributed by atoms with Gasteiger partial charge in [-0.05, 0) is 33.7 Å². The molecule has 0 aromatic heterocycles. The highest BCUT2D eigenvalue weighted by molar-refractivity contribution is 5.84. The van der Waals surface area contributed by atoms with Crippen molar-refractivity contribution < 1.29 is 9.59 Å². The van der Waals surface area contributed by atoms with Crippen LogP contribution in [0.25, 0.3) is 0 Å². The Balaban J connectivity index is 2.59. The zero-order valence-corrected chi connectivity index (χ0v) is 10.2. The number of carbonyl (C=O) groups is 2. The first kappa shape index (κ1) is 13.0. The molecule has 0 spiro atoms. The molecule has 1 heterocycles. The fraction of sp³-hybridized carbons (Fsp3) is 0.818. The lowest BCUT2D eigenvalue weighted by molar-refractivity contribution is -0.131. The molecular weight excluding hydrogens is 206 g/mol. The van der Waals surface area contributed by atoms with Crippen LogP contribution in [-0.4, -0.2) is 30.4 Å². The third-order valence-electron chi connectivity index (χ3n) is 2.98. The number of rotatable bonds is 4. The fourth-order valence-corrected chi connectivity index (χ4v) is 1.95. The quantitative estimate of drug-likeness (QED) is 0.619. The molecule has 1 unspecified atom stereocenters. The van der Waals surface area contributed by atoms with Gasteiger partial charge in [0.05, 0.1) is 5.41 Å². The van der Waals surface area contributed by atoms with Crippen LogP contribution in [0.4, 0.5) is 0 Å². The van der Waals surface area contributed by atoms with Crippen molar-refractivity contribution in [1.82, 2.24) is 10.6 Å². The van der Waals surface area contributed by atoms with Crippen LogP contribution in [0.3, 0.4) is 0 Å². The lowest BCUT2D eigenvalue weighted by Crippen LogP contribution is -2.51. The second-order valence-electron chi connectivity index (χ2n) is 5.47. The SMILES string of the molecule is CC(C)(CC(N)=O)NC(=O)C1(C)CCNC1. The van der Waals surface area contributed by atoms with E-state index in [1.807, 2.05) is 6.92 Å². The number of nitrogens with two attached hydrogens (primary N) is 1. The molecule has 2 amide bonds. The van der Waals surface area contributed by atoms with Crippen LogP contribution in [-0.2, 0) is 9.59 Å². The molecular formula is C11H21N3O2. The summed E-state index contributed by atoms with van der Waals surface area (Å²) in [6.45, 7) is 7.09. The van der Waals surface area contributed by atoms with E-state index < -0.39 is 11.4 Å². The summed E-state index contributed by atoms with van der Waals surface area (Å²) >= 11 is 0. The molecule has 1 rings (SSSR count). The second kappa shape index (κ2) is 4.41. The summed E-state index contributed by atoms with van der Waals surface area (Å²) in [5, 5.41) is 6.06. The van der Waals surface area contributed by atoms with Gasteiger partial charge in [0.1, 0.15) is 0 Å². The molecule has 0 radical (unpaired) electrons. The summed E-state index contributed by atoms with van der Waals surface area (Å²) in [5.74, 6) is -0.413. The van der Waals surface area contributed by atoms with Gasteiger partial charge in [0, 0.05) is 18.5 Å². The van der Waals surface area contributed by atoms with Crippen LogP contribution in [0.2, 0.25) is 0 Å². The van der Waals surface area contributed by atoms with E-state index in [1.54, 1.807) is 13.8 Å². The van der Waals surface area contributed by atoms with Crippen molar-refractivity contribution in [2.24, 2.45) is 11.1 Å². The van der Waals surface area contributed by atoms with Crippen LogP contribution in [0.5, 0.6) is 0 Å². The summed E-state index contributed by atoms with van der Waals surface area (Å²) in [6.07, 6.45) is 0.980. The topological polar surface area (TPSA) is 84.2 Å². The number of amides is 2. The molecule has 1 aliphatic rings. The van der Waals surface area contributed by atoms with Gasteiger partial charge in [0.15, 0.2) is 0 Å². The van der Waals surface area contributed by atoms with Crippen LogP contribution < -0.4 is 16.4 Å². The Kier molecular flexibility index (Phi) is 3.57. The summed E-state index contributed by atoms with van der Waals surface area (Å²) in [5.41, 5.74) is 4.20. The van der Waals surface area contributed by atoms with Gasteiger partial charge in [-0.2, -0.15) is 0 Å². The zero-order valence-electron chi connectivity index (χ0n) is 10.2. The van der Waals surface area contributed by atoms with Gasteiger partial charge in [0.2, 0.25) is 11.8 Å². The maximum absolute atomic E-state index is 12.1. The highest BCUT2D eigenvalue weighted by Crippen LogP contribution is 2.25. The molecule has 0 bridgehead atoms. The summed E-state index contributed by atoms with van der Waals surface area (Å²) < 4.78 is 0. The Bertz CT molecular complexity index is 294. The number of hydrogen-bond donors (Lipinski definition) is 3. The Morgan fingerprint density at radius 2 is 2.12 bits per heavy atom. The molecule has 5 heteroatoms. The largest absolute Gasteiger partial charge is 0.370 e. The van der Waals surface area contributed by atoms with Crippen molar-refractivity contribution in [1.29, 1.82) is 0 Å². The number of carbonyl (C=O) groups excluding carboxylic acids is 2. The Morgan fingerprint density at radius 1 is 1.50 bits per heavy atom. The minimum atomic E-state index is -0.575. The minimum Gasteiger partial charge on any atom is -0.370 e. The molecule has 16 heavy (non-hydrogen) atoms. The third kappa shape index (κ3) is 3.20. The van der Waals surface area contributed by atoms with Gasteiger partial charge in [-0.1, -0.05) is 0 Å². The summed E-state index contributed by atoms with van der Waals surface area (Å²) in [7, 11) is 0. The molecule has 1 aliphatic heterocycles. The molecule has 1 saturated heterocycles. The predicted molar refractivity (Wildman–Crippen MR) is 61.6 cm³/mol. The molecule has 1 atom stereocenters. The molecule has 0 aliphatic carbocycles. The monoisotopic (exact) mass is 227 g/mol.